The van der Waals surface area contributed by atoms with Crippen LogP contribution in [0.25, 0.3) is 10.8 Å². The maximum absolute atomic E-state index is 12.2. The number of phenolic OH excluding ortho intramolecular Hbond substituents is 2. The number of nitrogens with zero attached hydrogens (tertiary/aromatic N) is 1. The first-order valence-corrected chi connectivity index (χ1v) is 7.88. The molecule has 5 nitrogen and oxygen atoms in total. The lowest BCUT2D eigenvalue weighted by molar-refractivity contribution is 0.0952. The Labute approximate surface area is 146 Å². The number of hydrogen-bond donors (Lipinski definition) is 3. The fraction of sp³-hybridized carbons (Fsp3) is 0. The lowest BCUT2D eigenvalue weighted by Crippen LogP contribution is -2.17. The highest BCUT2D eigenvalue weighted by Gasteiger charge is 2.12. The SMILES string of the molecule is O=C(N/N=C/c1ccc(O)c(Br)c1)c1ccc2ccccc2c1O. The average molecular weight is 385 g/mol. The smallest absolute Gasteiger partial charge is 0.275 e. The maximum Gasteiger partial charge on any atom is 0.275 e. The minimum absolute atomic E-state index is 0.0758. The van der Waals surface area contributed by atoms with Gasteiger partial charge >= 0.3 is 0 Å². The van der Waals surface area contributed by atoms with Crippen LogP contribution in [-0.4, -0.2) is 22.3 Å². The normalized spacial score (nSPS) is 11.0. The summed E-state index contributed by atoms with van der Waals surface area (Å²) in [6.07, 6.45) is 1.44. The molecule has 0 fully saturated rings. The second kappa shape index (κ2) is 6.72. The van der Waals surface area contributed by atoms with Gasteiger partial charge in [0, 0.05) is 5.39 Å². The zero-order valence-corrected chi connectivity index (χ0v) is 14.0. The molecule has 0 atom stereocenters. The summed E-state index contributed by atoms with van der Waals surface area (Å²) in [5.74, 6) is -0.460. The second-order valence-electron chi connectivity index (χ2n) is 5.09. The Morgan fingerprint density at radius 3 is 2.67 bits per heavy atom. The third-order valence-corrected chi connectivity index (χ3v) is 4.13. The van der Waals surface area contributed by atoms with E-state index in [9.17, 15) is 15.0 Å². The molecule has 0 radical (unpaired) electrons. The molecule has 0 heterocycles. The number of rotatable bonds is 3. The molecule has 3 N–H and O–H groups in total. The van der Waals surface area contributed by atoms with Crippen LogP contribution in [0.3, 0.4) is 0 Å². The average Bonchev–Trinajstić information content (AvgIpc) is 2.58. The number of carbonyl (C=O) groups is 1. The van der Waals surface area contributed by atoms with E-state index in [2.05, 4.69) is 26.5 Å². The van der Waals surface area contributed by atoms with Crippen molar-refractivity contribution in [2.24, 2.45) is 5.10 Å². The van der Waals surface area contributed by atoms with Gasteiger partial charge < -0.3 is 10.2 Å². The van der Waals surface area contributed by atoms with Crippen LogP contribution >= 0.6 is 15.9 Å². The van der Waals surface area contributed by atoms with Crippen molar-refractivity contribution < 1.29 is 15.0 Å². The van der Waals surface area contributed by atoms with Crippen LogP contribution in [0.15, 0.2) is 64.2 Å². The van der Waals surface area contributed by atoms with E-state index in [1.54, 1.807) is 36.4 Å². The van der Waals surface area contributed by atoms with Crippen molar-refractivity contribution in [3.63, 3.8) is 0 Å². The molecule has 3 rings (SSSR count). The van der Waals surface area contributed by atoms with Crippen molar-refractivity contribution in [1.82, 2.24) is 5.43 Å². The van der Waals surface area contributed by atoms with Gasteiger partial charge in [-0.1, -0.05) is 30.3 Å². The summed E-state index contributed by atoms with van der Waals surface area (Å²) < 4.78 is 0.532. The van der Waals surface area contributed by atoms with Crippen molar-refractivity contribution >= 4 is 38.8 Å². The van der Waals surface area contributed by atoms with Crippen molar-refractivity contribution in [2.75, 3.05) is 0 Å². The highest BCUT2D eigenvalue weighted by molar-refractivity contribution is 9.10. The third-order valence-electron chi connectivity index (χ3n) is 3.50. The van der Waals surface area contributed by atoms with Gasteiger partial charge in [0.2, 0.25) is 0 Å². The quantitative estimate of drug-likeness (QED) is 0.474. The fourth-order valence-corrected chi connectivity index (χ4v) is 2.66. The molecule has 0 saturated heterocycles. The Balaban J connectivity index is 1.78. The fourth-order valence-electron chi connectivity index (χ4n) is 2.27. The Bertz CT molecular complexity index is 954. The molecule has 1 amide bonds. The number of carbonyl (C=O) groups excluding carboxylic acids is 1. The van der Waals surface area contributed by atoms with Gasteiger partial charge in [0.15, 0.2) is 0 Å². The molecule has 6 heteroatoms. The van der Waals surface area contributed by atoms with E-state index in [1.165, 1.54) is 12.3 Å². The molecule has 0 aliphatic carbocycles. The Hall–Kier alpha value is -2.86. The molecule has 0 bridgehead atoms. The molecule has 0 aliphatic heterocycles. The molecule has 0 aromatic heterocycles. The number of benzene rings is 3. The summed E-state index contributed by atoms with van der Waals surface area (Å²) in [4.78, 5) is 12.2. The van der Waals surface area contributed by atoms with E-state index in [0.717, 1.165) is 5.39 Å². The number of hydrogen-bond acceptors (Lipinski definition) is 4. The van der Waals surface area contributed by atoms with E-state index >= 15 is 0 Å². The molecule has 120 valence electrons. The standard InChI is InChI=1S/C18H13BrN2O3/c19-15-9-11(5-8-16(15)22)10-20-21-18(24)14-7-6-12-3-1-2-4-13(12)17(14)23/h1-10,22-23H,(H,21,24)/b20-10+. The number of phenols is 2. The molecule has 3 aromatic rings. The number of halogens is 1. The van der Waals surface area contributed by atoms with Gasteiger partial charge in [0.25, 0.3) is 5.91 Å². The first-order valence-electron chi connectivity index (χ1n) is 7.09. The van der Waals surface area contributed by atoms with Gasteiger partial charge in [-0.05, 0) is 51.1 Å². The maximum atomic E-state index is 12.2. The van der Waals surface area contributed by atoms with E-state index in [-0.39, 0.29) is 17.1 Å². The molecule has 0 saturated carbocycles. The minimum atomic E-state index is -0.507. The number of hydrazone groups is 1. The van der Waals surface area contributed by atoms with Gasteiger partial charge in [-0.25, -0.2) is 5.43 Å². The first-order chi connectivity index (χ1) is 11.6. The van der Waals surface area contributed by atoms with E-state index in [4.69, 9.17) is 0 Å². The summed E-state index contributed by atoms with van der Waals surface area (Å²) in [6.45, 7) is 0. The van der Waals surface area contributed by atoms with Crippen LogP contribution in [0.2, 0.25) is 0 Å². The molecule has 0 spiro atoms. The van der Waals surface area contributed by atoms with Gasteiger partial charge in [-0.15, -0.1) is 0 Å². The summed E-state index contributed by atoms with van der Waals surface area (Å²) in [6, 6.07) is 15.4. The summed E-state index contributed by atoms with van der Waals surface area (Å²) >= 11 is 3.20. The molecule has 3 aromatic carbocycles. The van der Waals surface area contributed by atoms with Crippen molar-refractivity contribution in [1.29, 1.82) is 0 Å². The van der Waals surface area contributed by atoms with Crippen LogP contribution in [-0.2, 0) is 0 Å². The summed E-state index contributed by atoms with van der Waals surface area (Å²) in [5.41, 5.74) is 3.23. The lowest BCUT2D eigenvalue weighted by Gasteiger charge is -2.06. The number of aromatic hydroxyl groups is 2. The zero-order chi connectivity index (χ0) is 17.1. The molecule has 0 aliphatic rings. The van der Waals surface area contributed by atoms with Crippen LogP contribution in [0, 0.1) is 0 Å². The van der Waals surface area contributed by atoms with Crippen LogP contribution in [0.4, 0.5) is 0 Å². The van der Waals surface area contributed by atoms with Crippen molar-refractivity contribution in [2.45, 2.75) is 0 Å². The topological polar surface area (TPSA) is 81.9 Å². The van der Waals surface area contributed by atoms with E-state index in [0.29, 0.717) is 15.4 Å². The van der Waals surface area contributed by atoms with Gasteiger partial charge in [-0.3, -0.25) is 4.79 Å². The predicted molar refractivity (Wildman–Crippen MR) is 96.5 cm³/mol. The van der Waals surface area contributed by atoms with Gasteiger partial charge in [0.1, 0.15) is 11.5 Å². The monoisotopic (exact) mass is 384 g/mol. The number of fused-ring (bicyclic) bond motifs is 1. The molecule has 0 unspecified atom stereocenters. The van der Waals surface area contributed by atoms with E-state index in [1.807, 2.05) is 12.1 Å². The molecule has 24 heavy (non-hydrogen) atoms. The summed E-state index contributed by atoms with van der Waals surface area (Å²) in [5, 5.41) is 25.0. The zero-order valence-electron chi connectivity index (χ0n) is 12.4. The minimum Gasteiger partial charge on any atom is -0.507 e. The Morgan fingerprint density at radius 2 is 1.88 bits per heavy atom. The van der Waals surface area contributed by atoms with Crippen LogP contribution in [0.1, 0.15) is 15.9 Å². The second-order valence-corrected chi connectivity index (χ2v) is 5.95. The lowest BCUT2D eigenvalue weighted by atomic mass is 10.1. The largest absolute Gasteiger partial charge is 0.507 e. The highest BCUT2D eigenvalue weighted by atomic mass is 79.9. The third kappa shape index (κ3) is 3.23. The van der Waals surface area contributed by atoms with Crippen molar-refractivity contribution in [3.8, 4) is 11.5 Å². The number of nitrogens with one attached hydrogen (secondary N) is 1. The van der Waals surface area contributed by atoms with Crippen LogP contribution < -0.4 is 5.43 Å². The molecular weight excluding hydrogens is 372 g/mol. The van der Waals surface area contributed by atoms with Gasteiger partial charge in [0.05, 0.1) is 16.3 Å². The Morgan fingerprint density at radius 1 is 1.08 bits per heavy atom. The Kier molecular flexibility index (Phi) is 4.48. The van der Waals surface area contributed by atoms with Crippen molar-refractivity contribution in [3.05, 3.63) is 70.2 Å². The van der Waals surface area contributed by atoms with Crippen LogP contribution in [0.5, 0.6) is 11.5 Å². The van der Waals surface area contributed by atoms with E-state index < -0.39 is 5.91 Å². The van der Waals surface area contributed by atoms with Gasteiger partial charge in [-0.2, -0.15) is 5.10 Å². The first kappa shape index (κ1) is 16.0. The summed E-state index contributed by atoms with van der Waals surface area (Å²) in [7, 11) is 0. The number of amides is 1. The predicted octanol–water partition coefficient (Wildman–Crippen LogP) is 3.78. The highest BCUT2D eigenvalue weighted by Crippen LogP contribution is 2.28. The molecular formula is C18H13BrN2O3.